The molecule has 2 rings (SSSR count). The lowest BCUT2D eigenvalue weighted by Crippen LogP contribution is -2.16. The molecule has 0 aliphatic heterocycles. The minimum atomic E-state index is -1.24. The fourth-order valence-corrected chi connectivity index (χ4v) is 1.72. The summed E-state index contributed by atoms with van der Waals surface area (Å²) in [6.45, 7) is 0. The molecule has 1 aromatic carbocycles. The molecule has 0 unspecified atom stereocenters. The molecule has 4 N–H and O–H groups in total. The summed E-state index contributed by atoms with van der Waals surface area (Å²) in [5.41, 5.74) is 5.42. The minimum absolute atomic E-state index is 0.191. The Labute approximate surface area is 119 Å². The van der Waals surface area contributed by atoms with Crippen LogP contribution < -0.4 is 11.1 Å². The van der Waals surface area contributed by atoms with E-state index in [9.17, 15) is 14.4 Å². The number of nitrogens with zero attached hydrogens (tertiary/aromatic N) is 2. The molecular weight excluding hydrogens is 276 g/mol. The highest BCUT2D eigenvalue weighted by Gasteiger charge is 2.21. The number of rotatable bonds is 4. The first kappa shape index (κ1) is 14.3. The molecule has 8 heteroatoms. The number of nitrogens with two attached hydrogens (primary N) is 1. The van der Waals surface area contributed by atoms with Crippen molar-refractivity contribution in [3.05, 3.63) is 47.3 Å². The van der Waals surface area contributed by atoms with Gasteiger partial charge in [-0.15, -0.1) is 0 Å². The van der Waals surface area contributed by atoms with E-state index in [1.165, 1.54) is 42.2 Å². The molecule has 1 aromatic heterocycles. The summed E-state index contributed by atoms with van der Waals surface area (Å²) in [7, 11) is 1.52. The Morgan fingerprint density at radius 3 is 2.38 bits per heavy atom. The van der Waals surface area contributed by atoms with E-state index < -0.39 is 17.8 Å². The van der Waals surface area contributed by atoms with Gasteiger partial charge in [0.25, 0.3) is 5.91 Å². The first-order chi connectivity index (χ1) is 9.88. The Bertz CT molecular complexity index is 718. The van der Waals surface area contributed by atoms with Crippen LogP contribution in [0, 0.1) is 0 Å². The summed E-state index contributed by atoms with van der Waals surface area (Å²) in [4.78, 5) is 34.0. The van der Waals surface area contributed by atoms with Crippen LogP contribution in [0.3, 0.4) is 0 Å². The van der Waals surface area contributed by atoms with E-state index in [1.54, 1.807) is 0 Å². The number of benzene rings is 1. The number of anilines is 1. The van der Waals surface area contributed by atoms with Crippen LogP contribution in [0.5, 0.6) is 0 Å². The van der Waals surface area contributed by atoms with Crippen LogP contribution in [-0.4, -0.2) is 32.7 Å². The van der Waals surface area contributed by atoms with Crippen molar-refractivity contribution < 1.29 is 19.5 Å². The Balaban J connectivity index is 2.22. The number of carbonyl (C=O) groups is 3. The highest BCUT2D eigenvalue weighted by atomic mass is 16.4. The van der Waals surface area contributed by atoms with Crippen LogP contribution >= 0.6 is 0 Å². The molecule has 0 aliphatic rings. The summed E-state index contributed by atoms with van der Waals surface area (Å²) in [5, 5.41) is 15.3. The smallest absolute Gasteiger partial charge is 0.339 e. The largest absolute Gasteiger partial charge is 0.478 e. The van der Waals surface area contributed by atoms with Crippen molar-refractivity contribution in [3.63, 3.8) is 0 Å². The summed E-state index contributed by atoms with van der Waals surface area (Å²) in [6.07, 6.45) is 1.24. The third-order valence-electron chi connectivity index (χ3n) is 2.70. The molecule has 0 fully saturated rings. The van der Waals surface area contributed by atoms with Crippen molar-refractivity contribution in [2.24, 2.45) is 12.8 Å². The summed E-state index contributed by atoms with van der Waals surface area (Å²) < 4.78 is 1.24. The van der Waals surface area contributed by atoms with Gasteiger partial charge in [-0.1, -0.05) is 0 Å². The summed E-state index contributed by atoms with van der Waals surface area (Å²) in [6, 6.07) is 5.88. The van der Waals surface area contributed by atoms with Crippen LogP contribution in [-0.2, 0) is 7.05 Å². The number of aromatic nitrogens is 2. The van der Waals surface area contributed by atoms with Crippen LogP contribution in [0.4, 0.5) is 5.69 Å². The number of amides is 2. The average molecular weight is 288 g/mol. The number of primary amides is 1. The Morgan fingerprint density at radius 1 is 1.24 bits per heavy atom. The quantitative estimate of drug-likeness (QED) is 0.753. The molecule has 0 atom stereocenters. The SMILES string of the molecule is Cn1cc(C(=O)O)c(C(=O)Nc2ccc(C(N)=O)cc2)n1. The van der Waals surface area contributed by atoms with E-state index in [0.717, 1.165) is 0 Å². The second kappa shape index (κ2) is 5.45. The van der Waals surface area contributed by atoms with E-state index in [1.807, 2.05) is 0 Å². The van der Waals surface area contributed by atoms with Crippen molar-refractivity contribution >= 4 is 23.5 Å². The van der Waals surface area contributed by atoms with Crippen LogP contribution in [0.1, 0.15) is 31.2 Å². The van der Waals surface area contributed by atoms with Gasteiger partial charge in [0, 0.05) is 24.5 Å². The number of hydrogen-bond donors (Lipinski definition) is 3. The highest BCUT2D eigenvalue weighted by Crippen LogP contribution is 2.13. The zero-order valence-electron chi connectivity index (χ0n) is 11.0. The first-order valence-corrected chi connectivity index (χ1v) is 5.86. The zero-order chi connectivity index (χ0) is 15.6. The van der Waals surface area contributed by atoms with E-state index in [0.29, 0.717) is 11.3 Å². The van der Waals surface area contributed by atoms with Gasteiger partial charge >= 0.3 is 5.97 Å². The fraction of sp³-hybridized carbons (Fsp3) is 0.0769. The molecular formula is C13H12N4O4. The predicted octanol–water partition coefficient (Wildman–Crippen LogP) is 0.469. The van der Waals surface area contributed by atoms with Gasteiger partial charge in [-0.05, 0) is 24.3 Å². The highest BCUT2D eigenvalue weighted by molar-refractivity contribution is 6.09. The van der Waals surface area contributed by atoms with Gasteiger partial charge in [-0.3, -0.25) is 14.3 Å². The molecule has 108 valence electrons. The Kier molecular flexibility index (Phi) is 3.70. The van der Waals surface area contributed by atoms with Crippen LogP contribution in [0.2, 0.25) is 0 Å². The Morgan fingerprint density at radius 2 is 1.86 bits per heavy atom. The minimum Gasteiger partial charge on any atom is -0.478 e. The third kappa shape index (κ3) is 3.06. The lowest BCUT2D eigenvalue weighted by Gasteiger charge is -2.04. The number of hydrogen-bond acceptors (Lipinski definition) is 4. The van der Waals surface area contributed by atoms with Gasteiger partial charge in [0.2, 0.25) is 5.91 Å². The monoisotopic (exact) mass is 288 g/mol. The van der Waals surface area contributed by atoms with Crippen molar-refractivity contribution in [3.8, 4) is 0 Å². The number of aromatic carboxylic acids is 1. The number of carboxylic acids is 1. The number of aryl methyl sites for hydroxylation is 1. The normalized spacial score (nSPS) is 10.1. The lowest BCUT2D eigenvalue weighted by molar-refractivity contribution is 0.0692. The van der Waals surface area contributed by atoms with Crippen molar-refractivity contribution in [2.75, 3.05) is 5.32 Å². The number of carboxylic acid groups (broad SMARTS) is 1. The maximum Gasteiger partial charge on any atom is 0.339 e. The fourth-order valence-electron chi connectivity index (χ4n) is 1.72. The van der Waals surface area contributed by atoms with Gasteiger partial charge in [0.1, 0.15) is 5.56 Å². The van der Waals surface area contributed by atoms with Crippen molar-refractivity contribution in [2.45, 2.75) is 0 Å². The Hall–Kier alpha value is -3.16. The van der Waals surface area contributed by atoms with E-state index >= 15 is 0 Å². The maximum atomic E-state index is 12.0. The molecule has 0 radical (unpaired) electrons. The first-order valence-electron chi connectivity index (χ1n) is 5.86. The van der Waals surface area contributed by atoms with Gasteiger partial charge in [-0.2, -0.15) is 5.10 Å². The summed E-state index contributed by atoms with van der Waals surface area (Å²) in [5.74, 6) is -2.47. The van der Waals surface area contributed by atoms with Gasteiger partial charge in [0.05, 0.1) is 0 Å². The summed E-state index contributed by atoms with van der Waals surface area (Å²) >= 11 is 0. The molecule has 1 heterocycles. The topological polar surface area (TPSA) is 127 Å². The molecule has 0 saturated heterocycles. The van der Waals surface area contributed by atoms with Gasteiger partial charge in [0.15, 0.2) is 5.69 Å². The van der Waals surface area contributed by atoms with Gasteiger partial charge < -0.3 is 16.2 Å². The lowest BCUT2D eigenvalue weighted by atomic mass is 10.2. The second-order valence-corrected chi connectivity index (χ2v) is 4.27. The third-order valence-corrected chi connectivity index (χ3v) is 2.70. The van der Waals surface area contributed by atoms with Crippen LogP contribution in [0.25, 0.3) is 0 Å². The molecule has 8 nitrogen and oxygen atoms in total. The predicted molar refractivity (Wildman–Crippen MR) is 73.1 cm³/mol. The molecule has 2 amide bonds. The van der Waals surface area contributed by atoms with Crippen molar-refractivity contribution in [1.29, 1.82) is 0 Å². The molecule has 2 aromatic rings. The molecule has 0 bridgehead atoms. The average Bonchev–Trinajstić information content (AvgIpc) is 2.82. The van der Waals surface area contributed by atoms with Crippen molar-refractivity contribution in [1.82, 2.24) is 9.78 Å². The number of nitrogens with one attached hydrogen (secondary N) is 1. The van der Waals surface area contributed by atoms with Gasteiger partial charge in [-0.25, -0.2) is 4.79 Å². The molecule has 0 spiro atoms. The maximum absolute atomic E-state index is 12.0. The zero-order valence-corrected chi connectivity index (χ0v) is 11.0. The molecule has 0 aliphatic carbocycles. The molecule has 21 heavy (non-hydrogen) atoms. The van der Waals surface area contributed by atoms with Crippen LogP contribution in [0.15, 0.2) is 30.5 Å². The second-order valence-electron chi connectivity index (χ2n) is 4.27. The van der Waals surface area contributed by atoms with E-state index in [4.69, 9.17) is 10.8 Å². The van der Waals surface area contributed by atoms with E-state index in [2.05, 4.69) is 10.4 Å². The number of carbonyl (C=O) groups excluding carboxylic acids is 2. The molecule has 0 saturated carbocycles. The standard InChI is InChI=1S/C13H12N4O4/c1-17-6-9(13(20)21)10(16-17)12(19)15-8-4-2-7(3-5-8)11(14)18/h2-6H,1H3,(H2,14,18)(H,15,19)(H,20,21). The van der Waals surface area contributed by atoms with E-state index in [-0.39, 0.29) is 11.3 Å².